The Hall–Kier alpha value is -7.21. The van der Waals surface area contributed by atoms with Crippen LogP contribution in [0.4, 0.5) is 32.8 Å². The molecule has 4 aromatic carbocycles. The summed E-state index contributed by atoms with van der Waals surface area (Å²) in [4.78, 5) is 10.0. The number of nitrogens with zero attached hydrogens (tertiary/aromatic N) is 4. The molecule has 0 saturated carbocycles. The first kappa shape index (κ1) is 42.4. The number of para-hydroxylation sites is 1. The van der Waals surface area contributed by atoms with Gasteiger partial charge in [0.15, 0.2) is 5.83 Å². The average Bonchev–Trinajstić information content (AvgIpc) is 3.79. The molecule has 5 heteroatoms. The molecule has 0 spiro atoms. The van der Waals surface area contributed by atoms with E-state index >= 15 is 0 Å². The largest absolute Gasteiger partial charge is 0.343 e. The van der Waals surface area contributed by atoms with Gasteiger partial charge in [0.05, 0.1) is 6.04 Å². The van der Waals surface area contributed by atoms with Crippen molar-refractivity contribution in [2.45, 2.75) is 95.2 Å². The third-order valence-electron chi connectivity index (χ3n) is 14.7. The minimum Gasteiger partial charge on any atom is -0.343 e. The maximum atomic E-state index is 14.3. The number of terminal acetylenes is 1. The molecule has 0 bridgehead atoms. The van der Waals surface area contributed by atoms with Crippen molar-refractivity contribution in [3.8, 4) is 35.3 Å². The molecule has 7 aliphatic rings. The van der Waals surface area contributed by atoms with E-state index in [-0.39, 0.29) is 23.8 Å². The molecule has 0 aromatic heterocycles. The second-order valence-electron chi connectivity index (χ2n) is 18.7. The first-order chi connectivity index (χ1) is 33.0. The smallest absolute Gasteiger partial charge is 0.169 e. The number of halogens is 1. The highest BCUT2D eigenvalue weighted by Crippen LogP contribution is 2.51. The molecule has 4 aromatic rings. The lowest BCUT2D eigenvalue weighted by molar-refractivity contribution is 0.306. The maximum Gasteiger partial charge on any atom is 0.169 e. The molecule has 5 aliphatic carbocycles. The Balaban J connectivity index is 0.886. The van der Waals surface area contributed by atoms with Crippen LogP contribution in [0.5, 0.6) is 0 Å². The summed E-state index contributed by atoms with van der Waals surface area (Å²) in [6, 6.07) is 37.0. The van der Waals surface area contributed by atoms with Crippen molar-refractivity contribution in [3.05, 3.63) is 210 Å². The summed E-state index contributed by atoms with van der Waals surface area (Å²) >= 11 is 0. The zero-order valence-corrected chi connectivity index (χ0v) is 38.4. The molecular formula is C62H57FN4. The Kier molecular flexibility index (Phi) is 11.8. The Labute approximate surface area is 396 Å². The predicted molar refractivity (Wildman–Crippen MR) is 276 cm³/mol. The molecule has 5 atom stereocenters. The minimum atomic E-state index is -0.309. The number of anilines is 5. The molecule has 0 amide bonds. The molecule has 2 aliphatic heterocycles. The van der Waals surface area contributed by atoms with E-state index in [2.05, 4.69) is 208 Å². The van der Waals surface area contributed by atoms with E-state index in [1.165, 1.54) is 67.8 Å². The van der Waals surface area contributed by atoms with Gasteiger partial charge in [-0.05, 0) is 153 Å². The molecular weight excluding hydrogens is 820 g/mol. The zero-order valence-electron chi connectivity index (χ0n) is 38.4. The van der Waals surface area contributed by atoms with Crippen molar-refractivity contribution in [1.29, 1.82) is 0 Å². The van der Waals surface area contributed by atoms with Gasteiger partial charge in [-0.25, -0.2) is 0 Å². The number of unbranched alkanes of at least 4 members (excludes halogenated alkanes) is 1. The van der Waals surface area contributed by atoms with Gasteiger partial charge in [-0.2, -0.15) is 4.39 Å². The monoisotopic (exact) mass is 876 g/mol. The molecule has 67 heavy (non-hydrogen) atoms. The van der Waals surface area contributed by atoms with Crippen molar-refractivity contribution >= 4 is 28.4 Å². The van der Waals surface area contributed by atoms with Crippen LogP contribution in [-0.2, 0) is 0 Å². The van der Waals surface area contributed by atoms with Gasteiger partial charge in [0.2, 0.25) is 0 Å². The van der Waals surface area contributed by atoms with E-state index in [9.17, 15) is 4.39 Å². The first-order valence-corrected chi connectivity index (χ1v) is 24.4. The fraction of sp³-hybridized carbons (Fsp3) is 0.258. The average molecular weight is 877 g/mol. The number of benzene rings is 4. The van der Waals surface area contributed by atoms with Gasteiger partial charge in [-0.15, -0.1) is 12.3 Å². The van der Waals surface area contributed by atoms with Crippen LogP contribution < -0.4 is 14.7 Å². The quantitative estimate of drug-likeness (QED) is 0.0845. The van der Waals surface area contributed by atoms with Crippen molar-refractivity contribution in [3.63, 3.8) is 0 Å². The molecule has 332 valence electrons. The molecule has 0 saturated heterocycles. The van der Waals surface area contributed by atoms with Crippen molar-refractivity contribution in [1.82, 2.24) is 4.90 Å². The highest BCUT2D eigenvalue weighted by atomic mass is 19.1. The lowest BCUT2D eigenvalue weighted by Crippen LogP contribution is -2.33. The van der Waals surface area contributed by atoms with Gasteiger partial charge >= 0.3 is 0 Å². The van der Waals surface area contributed by atoms with Gasteiger partial charge in [-0.1, -0.05) is 103 Å². The van der Waals surface area contributed by atoms with E-state index in [4.69, 9.17) is 6.42 Å². The van der Waals surface area contributed by atoms with E-state index < -0.39 is 0 Å². The predicted octanol–water partition coefficient (Wildman–Crippen LogP) is 15.2. The van der Waals surface area contributed by atoms with Gasteiger partial charge in [0.25, 0.3) is 0 Å². The zero-order chi connectivity index (χ0) is 45.3. The summed E-state index contributed by atoms with van der Waals surface area (Å²) in [5, 5.41) is 0. The Bertz CT molecular complexity index is 2940. The normalized spacial score (nSPS) is 23.4. The van der Waals surface area contributed by atoms with Crippen LogP contribution in [0.1, 0.15) is 82.6 Å². The Morgan fingerprint density at radius 3 is 2.43 bits per heavy atom. The molecule has 0 N–H and O–H groups in total. The lowest BCUT2D eigenvalue weighted by atomic mass is 9.86. The van der Waals surface area contributed by atoms with E-state index in [0.29, 0.717) is 31.2 Å². The molecule has 4 nitrogen and oxygen atoms in total. The fourth-order valence-corrected chi connectivity index (χ4v) is 11.6. The number of hydrogen-bond acceptors (Lipinski definition) is 4. The van der Waals surface area contributed by atoms with Crippen LogP contribution in [0, 0.1) is 30.1 Å². The van der Waals surface area contributed by atoms with Crippen molar-refractivity contribution < 1.29 is 4.39 Å². The van der Waals surface area contributed by atoms with Gasteiger partial charge < -0.3 is 19.6 Å². The van der Waals surface area contributed by atoms with Gasteiger partial charge in [0, 0.05) is 94.4 Å². The van der Waals surface area contributed by atoms with E-state index in [1.807, 2.05) is 0 Å². The van der Waals surface area contributed by atoms with Crippen LogP contribution in [0.25, 0.3) is 11.1 Å². The molecule has 11 rings (SSSR count). The Morgan fingerprint density at radius 2 is 1.64 bits per heavy atom. The van der Waals surface area contributed by atoms with E-state index in [1.54, 1.807) is 6.08 Å². The van der Waals surface area contributed by atoms with Crippen LogP contribution in [0.3, 0.4) is 0 Å². The second-order valence-corrected chi connectivity index (χ2v) is 18.7. The van der Waals surface area contributed by atoms with Gasteiger partial charge in [0.1, 0.15) is 0 Å². The minimum absolute atomic E-state index is 0.129. The number of fused-ring (bicyclic) bond motifs is 5. The SMILES string of the molecule is C#CCC/C=C(\C)N(C1=CC=C2[C@@H](C1)C1=C(CCC=C1)N2C1CC#CC(F)=CC1)c1ccc(-c2ccc(N(c3ccc4c(c3)[C@@H]3C=CC=CC3N4c3ccccc3)C3CC=CCC3)cc2)cc1. The fourth-order valence-electron chi connectivity index (χ4n) is 11.6. The Morgan fingerprint density at radius 1 is 0.851 bits per heavy atom. The third kappa shape index (κ3) is 8.12. The van der Waals surface area contributed by atoms with Gasteiger partial charge in [-0.3, -0.25) is 0 Å². The van der Waals surface area contributed by atoms with Crippen LogP contribution in [0.2, 0.25) is 0 Å². The number of rotatable bonds is 11. The summed E-state index contributed by atoms with van der Waals surface area (Å²) in [5.41, 5.74) is 16.4. The topological polar surface area (TPSA) is 13.0 Å². The maximum absolute atomic E-state index is 14.3. The number of allylic oxidation sites excluding steroid dienone is 13. The van der Waals surface area contributed by atoms with Crippen LogP contribution in [-0.4, -0.2) is 23.0 Å². The van der Waals surface area contributed by atoms with E-state index in [0.717, 1.165) is 50.6 Å². The first-order valence-electron chi connectivity index (χ1n) is 24.4. The van der Waals surface area contributed by atoms with Crippen LogP contribution >= 0.6 is 0 Å². The molecule has 2 heterocycles. The summed E-state index contributed by atoms with van der Waals surface area (Å²) in [6.45, 7) is 2.20. The standard InChI is InChI=1S/C62H57FN4/c1-3-4-7-17-44(2)64(53-38-40-62-57(42-53)55-24-13-15-27-60(55)67(62)50-23-16-18-47(63)32-37-50)51-33-28-45(29-34-51)46-30-35-52(36-31-46)65(48-19-8-5-9-20-48)54-39-41-61-58(43-54)56-25-12-14-26-59(56)66(61)49-21-10-6-11-22-49/h1,5-6,8,10-14,17,21-22,24-26,28-36,38-41,43,48,50,56-57,59H,4,7,9,15,19-20,23,27,37,42H2,2H3/b44-17+/t48?,50?,56-,57-,59?/m0/s1. The highest BCUT2D eigenvalue weighted by Gasteiger charge is 2.41. The van der Waals surface area contributed by atoms with Crippen molar-refractivity contribution in [2.75, 3.05) is 14.7 Å². The second kappa shape index (κ2) is 18.6. The summed E-state index contributed by atoms with van der Waals surface area (Å²) in [5.74, 6) is 8.85. The van der Waals surface area contributed by atoms with Crippen LogP contribution in [0.15, 0.2) is 204 Å². The van der Waals surface area contributed by atoms with Crippen molar-refractivity contribution in [2.24, 2.45) is 5.92 Å². The third-order valence-corrected chi connectivity index (χ3v) is 14.7. The summed E-state index contributed by atoms with van der Waals surface area (Å²) < 4.78 is 14.3. The summed E-state index contributed by atoms with van der Waals surface area (Å²) in [7, 11) is 0. The summed E-state index contributed by atoms with van der Waals surface area (Å²) in [6.07, 6.45) is 41.7. The molecule has 0 fully saturated rings. The lowest BCUT2D eigenvalue weighted by Gasteiger charge is -2.36. The number of hydrogen-bond donors (Lipinski definition) is 0. The molecule has 0 radical (unpaired) electrons. The highest BCUT2D eigenvalue weighted by molar-refractivity contribution is 5.80. The molecule has 3 unspecified atom stereocenters.